The molecular formula is C15H25NO. The van der Waals surface area contributed by atoms with Crippen molar-refractivity contribution in [1.82, 2.24) is 5.32 Å². The van der Waals surface area contributed by atoms with Crippen LogP contribution in [-0.4, -0.2) is 13.2 Å². The van der Waals surface area contributed by atoms with Gasteiger partial charge in [0.1, 0.15) is 5.75 Å². The number of nitrogens with one attached hydrogen (secondary N) is 1. The number of ether oxygens (including phenoxy) is 1. The van der Waals surface area contributed by atoms with Gasteiger partial charge in [0.15, 0.2) is 0 Å². The quantitative estimate of drug-likeness (QED) is 0.776. The van der Waals surface area contributed by atoms with Gasteiger partial charge in [-0.1, -0.05) is 39.8 Å². The smallest absolute Gasteiger partial charge is 0.119 e. The number of benzene rings is 1. The van der Waals surface area contributed by atoms with Crippen LogP contribution < -0.4 is 10.1 Å². The molecule has 0 bridgehead atoms. The molecule has 1 rings (SSSR count). The maximum atomic E-state index is 5.75. The molecule has 0 aromatic heterocycles. The summed E-state index contributed by atoms with van der Waals surface area (Å²) >= 11 is 0. The Morgan fingerprint density at radius 1 is 1.24 bits per heavy atom. The van der Waals surface area contributed by atoms with Gasteiger partial charge in [0.25, 0.3) is 0 Å². The monoisotopic (exact) mass is 235 g/mol. The predicted octanol–water partition coefficient (Wildman–Crippen LogP) is 3.78. The van der Waals surface area contributed by atoms with Gasteiger partial charge in [-0.25, -0.2) is 0 Å². The average Bonchev–Trinajstić information content (AvgIpc) is 2.34. The maximum Gasteiger partial charge on any atom is 0.119 e. The van der Waals surface area contributed by atoms with Crippen LogP contribution in [0.4, 0.5) is 0 Å². The van der Waals surface area contributed by atoms with E-state index in [4.69, 9.17) is 4.74 Å². The molecule has 0 saturated heterocycles. The molecule has 2 nitrogen and oxygen atoms in total. The highest BCUT2D eigenvalue weighted by Crippen LogP contribution is 2.21. The highest BCUT2D eigenvalue weighted by Gasteiger charge is 2.08. The molecule has 2 heteroatoms. The maximum absolute atomic E-state index is 5.75. The van der Waals surface area contributed by atoms with Gasteiger partial charge in [-0.05, 0) is 36.6 Å². The van der Waals surface area contributed by atoms with Crippen molar-refractivity contribution in [3.63, 3.8) is 0 Å². The molecule has 0 aliphatic heterocycles. The van der Waals surface area contributed by atoms with Crippen LogP contribution in [0, 0.1) is 5.92 Å². The van der Waals surface area contributed by atoms with E-state index >= 15 is 0 Å². The fraction of sp³-hybridized carbons (Fsp3) is 0.600. The molecule has 0 aliphatic carbocycles. The molecule has 1 atom stereocenters. The summed E-state index contributed by atoms with van der Waals surface area (Å²) in [6.45, 7) is 10.4. The first kappa shape index (κ1) is 14.0. The van der Waals surface area contributed by atoms with Crippen molar-refractivity contribution in [3.05, 3.63) is 29.8 Å². The second-order valence-corrected chi connectivity index (χ2v) is 4.80. The molecule has 0 fully saturated rings. The lowest BCUT2D eigenvalue weighted by Gasteiger charge is -2.17. The van der Waals surface area contributed by atoms with Gasteiger partial charge in [-0.2, -0.15) is 0 Å². The van der Waals surface area contributed by atoms with Crippen LogP contribution in [0.1, 0.15) is 45.7 Å². The van der Waals surface area contributed by atoms with E-state index in [1.54, 1.807) is 0 Å². The topological polar surface area (TPSA) is 21.3 Å². The number of rotatable bonds is 7. The lowest BCUT2D eigenvalue weighted by Crippen LogP contribution is -2.20. The summed E-state index contributed by atoms with van der Waals surface area (Å²) in [6, 6.07) is 8.86. The van der Waals surface area contributed by atoms with E-state index in [1.165, 1.54) is 5.56 Å². The van der Waals surface area contributed by atoms with E-state index in [1.807, 2.05) is 6.07 Å². The molecule has 0 amide bonds. The lowest BCUT2D eigenvalue weighted by molar-refractivity contribution is 0.270. The standard InChI is InChI=1S/C15H25NO/c1-5-15(16-6-2)13-8-7-9-14(10-13)17-11-12(3)4/h7-10,12,15-16H,5-6,11H2,1-4H3. The van der Waals surface area contributed by atoms with Crippen molar-refractivity contribution < 1.29 is 4.74 Å². The summed E-state index contributed by atoms with van der Waals surface area (Å²) in [4.78, 5) is 0. The number of hydrogen-bond acceptors (Lipinski definition) is 2. The predicted molar refractivity (Wildman–Crippen MR) is 73.5 cm³/mol. The van der Waals surface area contributed by atoms with Crippen molar-refractivity contribution >= 4 is 0 Å². The van der Waals surface area contributed by atoms with Gasteiger partial charge < -0.3 is 10.1 Å². The molecule has 1 aromatic rings. The third-order valence-corrected chi connectivity index (χ3v) is 2.70. The van der Waals surface area contributed by atoms with Crippen molar-refractivity contribution in [2.24, 2.45) is 5.92 Å². The third-order valence-electron chi connectivity index (χ3n) is 2.70. The molecule has 0 heterocycles. The Morgan fingerprint density at radius 3 is 2.59 bits per heavy atom. The average molecular weight is 235 g/mol. The normalized spacial score (nSPS) is 12.8. The summed E-state index contributed by atoms with van der Waals surface area (Å²) in [5, 5.41) is 3.49. The van der Waals surface area contributed by atoms with Crippen LogP contribution in [0.2, 0.25) is 0 Å². The molecular weight excluding hydrogens is 210 g/mol. The van der Waals surface area contributed by atoms with E-state index < -0.39 is 0 Å². The minimum absolute atomic E-state index is 0.433. The first-order chi connectivity index (χ1) is 8.17. The summed E-state index contributed by atoms with van der Waals surface area (Å²) in [7, 11) is 0. The van der Waals surface area contributed by atoms with Crippen molar-refractivity contribution in [2.45, 2.75) is 40.2 Å². The van der Waals surface area contributed by atoms with Crippen LogP contribution in [0.15, 0.2) is 24.3 Å². The van der Waals surface area contributed by atoms with Gasteiger partial charge in [0.2, 0.25) is 0 Å². The van der Waals surface area contributed by atoms with Crippen LogP contribution in [-0.2, 0) is 0 Å². The third kappa shape index (κ3) is 4.78. The van der Waals surface area contributed by atoms with E-state index in [9.17, 15) is 0 Å². The fourth-order valence-corrected chi connectivity index (χ4v) is 1.83. The van der Waals surface area contributed by atoms with Crippen molar-refractivity contribution in [2.75, 3.05) is 13.2 Å². The highest BCUT2D eigenvalue weighted by molar-refractivity contribution is 5.30. The summed E-state index contributed by atoms with van der Waals surface area (Å²) in [6.07, 6.45) is 1.10. The van der Waals surface area contributed by atoms with Crippen LogP contribution in [0.25, 0.3) is 0 Å². The Kier molecular flexibility index (Phi) is 6.06. The summed E-state index contributed by atoms with van der Waals surface area (Å²) < 4.78 is 5.75. The molecule has 17 heavy (non-hydrogen) atoms. The van der Waals surface area contributed by atoms with E-state index in [0.29, 0.717) is 12.0 Å². The Morgan fingerprint density at radius 2 is 2.00 bits per heavy atom. The molecule has 1 aromatic carbocycles. The first-order valence-corrected chi connectivity index (χ1v) is 6.63. The zero-order chi connectivity index (χ0) is 12.7. The van der Waals surface area contributed by atoms with Gasteiger partial charge in [-0.3, -0.25) is 0 Å². The molecule has 1 unspecified atom stereocenters. The minimum atomic E-state index is 0.433. The largest absolute Gasteiger partial charge is 0.493 e. The molecule has 96 valence electrons. The fourth-order valence-electron chi connectivity index (χ4n) is 1.83. The second kappa shape index (κ2) is 7.33. The Bertz CT molecular complexity index is 322. The van der Waals surface area contributed by atoms with Crippen molar-refractivity contribution in [1.29, 1.82) is 0 Å². The molecule has 0 saturated carbocycles. The summed E-state index contributed by atoms with van der Waals surface area (Å²) in [5.74, 6) is 1.54. The van der Waals surface area contributed by atoms with E-state index in [-0.39, 0.29) is 0 Å². The number of hydrogen-bond donors (Lipinski definition) is 1. The van der Waals surface area contributed by atoms with Gasteiger partial charge in [0, 0.05) is 6.04 Å². The first-order valence-electron chi connectivity index (χ1n) is 6.63. The Hall–Kier alpha value is -1.02. The molecule has 0 spiro atoms. The van der Waals surface area contributed by atoms with Crippen LogP contribution in [0.5, 0.6) is 5.75 Å². The van der Waals surface area contributed by atoms with Crippen molar-refractivity contribution in [3.8, 4) is 5.75 Å². The highest BCUT2D eigenvalue weighted by atomic mass is 16.5. The zero-order valence-electron chi connectivity index (χ0n) is 11.5. The Balaban J connectivity index is 2.69. The Labute approximate surface area is 105 Å². The minimum Gasteiger partial charge on any atom is -0.493 e. The van der Waals surface area contributed by atoms with Gasteiger partial charge in [0.05, 0.1) is 6.61 Å². The van der Waals surface area contributed by atoms with Crippen LogP contribution in [0.3, 0.4) is 0 Å². The molecule has 0 radical (unpaired) electrons. The molecule has 0 aliphatic rings. The van der Waals surface area contributed by atoms with E-state index in [0.717, 1.165) is 25.3 Å². The SMILES string of the molecule is CCNC(CC)c1cccc(OCC(C)C)c1. The lowest BCUT2D eigenvalue weighted by atomic mass is 10.0. The van der Waals surface area contributed by atoms with Gasteiger partial charge in [-0.15, -0.1) is 0 Å². The molecule has 1 N–H and O–H groups in total. The van der Waals surface area contributed by atoms with E-state index in [2.05, 4.69) is 51.2 Å². The summed E-state index contributed by atoms with van der Waals surface area (Å²) in [5.41, 5.74) is 1.32. The van der Waals surface area contributed by atoms with Crippen LogP contribution >= 0.6 is 0 Å². The second-order valence-electron chi connectivity index (χ2n) is 4.80. The van der Waals surface area contributed by atoms with Gasteiger partial charge >= 0.3 is 0 Å². The zero-order valence-corrected chi connectivity index (χ0v) is 11.5.